The molecule has 4 aliphatic carbocycles. The third kappa shape index (κ3) is 13.8. The molecule has 5 nitrogen and oxygen atoms in total. The summed E-state index contributed by atoms with van der Waals surface area (Å²) in [7, 11) is -1.39. The molecule has 0 spiro atoms. The molecule has 0 saturated heterocycles. The molecular weight excluding hydrogens is 1610 g/mol. The van der Waals surface area contributed by atoms with Crippen LogP contribution in [0.2, 0.25) is 0 Å². The summed E-state index contributed by atoms with van der Waals surface area (Å²) in [6.45, 7) is 4.64. The van der Waals surface area contributed by atoms with Gasteiger partial charge >= 0.3 is 7.12 Å². The summed E-state index contributed by atoms with van der Waals surface area (Å²) in [5, 5.41) is 26.0. The average molecular weight is 1700 g/mol. The largest absolute Gasteiger partial charge is 0.488 e. The monoisotopic (exact) mass is 1690 g/mol. The van der Waals surface area contributed by atoms with E-state index in [2.05, 4.69) is 436 Å². The van der Waals surface area contributed by atoms with Crippen molar-refractivity contribution in [2.24, 2.45) is 0 Å². The lowest BCUT2D eigenvalue weighted by molar-refractivity contribution is 0.426. The Morgan fingerprint density at radius 2 is 0.533 bits per heavy atom. The van der Waals surface area contributed by atoms with Crippen molar-refractivity contribution in [2.75, 3.05) is 0 Å². The number of para-hydroxylation sites is 6. The highest BCUT2D eigenvalue weighted by molar-refractivity contribution is 9.10. The first kappa shape index (κ1) is 75.8. The maximum absolute atomic E-state index is 9.16. The highest BCUT2D eigenvalue weighted by atomic mass is 79.9. The van der Waals surface area contributed by atoms with Crippen LogP contribution in [0.15, 0.2) is 421 Å². The summed E-state index contributed by atoms with van der Waals surface area (Å²) in [5.41, 5.74) is 41.0. The molecule has 4 aliphatic rings. The van der Waals surface area contributed by atoms with Gasteiger partial charge in [-0.1, -0.05) is 331 Å². The normalized spacial score (nSPS) is 12.5. The van der Waals surface area contributed by atoms with E-state index in [1.54, 1.807) is 6.07 Å². The Morgan fingerprint density at radius 3 is 0.984 bits per heavy atom. The summed E-state index contributed by atoms with van der Waals surface area (Å²) in [6, 6.07) is 147. The van der Waals surface area contributed by atoms with Crippen molar-refractivity contribution in [2.45, 2.75) is 38.5 Å². The molecule has 0 saturated carbocycles. The summed E-state index contributed by atoms with van der Waals surface area (Å²) < 4.78 is 9.31. The van der Waals surface area contributed by atoms with Crippen LogP contribution in [-0.2, 0) is 24.7 Å². The Balaban J connectivity index is 0.0000000962. The van der Waals surface area contributed by atoms with Crippen LogP contribution in [0.25, 0.3) is 160 Å². The van der Waals surface area contributed by atoms with Gasteiger partial charge in [0, 0.05) is 63.7 Å². The molecule has 25 rings (SSSR count). The van der Waals surface area contributed by atoms with Gasteiger partial charge in [-0.3, -0.25) is 0 Å². The number of nitrogens with zero attached hydrogens (tertiary/aromatic N) is 3. The zero-order chi connectivity index (χ0) is 82.1. The third-order valence-electron chi connectivity index (χ3n) is 25.2. The Hall–Kier alpha value is -13.7. The van der Waals surface area contributed by atoms with Crippen molar-refractivity contribution >= 4 is 110 Å². The average Bonchev–Trinajstić information content (AvgIpc) is 1.33. The number of halogens is 2. The van der Waals surface area contributed by atoms with Gasteiger partial charge in [0.05, 0.1) is 33.1 Å². The Bertz CT molecular complexity index is 7380. The minimum Gasteiger partial charge on any atom is -0.423 e. The summed E-state index contributed by atoms with van der Waals surface area (Å²) in [6.07, 6.45) is 3.01. The van der Waals surface area contributed by atoms with Gasteiger partial charge in [-0.05, 0) is 275 Å². The Kier molecular flexibility index (Phi) is 19.7. The first-order valence-electron chi connectivity index (χ1n) is 41.8. The van der Waals surface area contributed by atoms with Crippen molar-refractivity contribution in [3.63, 3.8) is 0 Å². The van der Waals surface area contributed by atoms with Crippen LogP contribution in [0, 0.1) is 0 Å². The van der Waals surface area contributed by atoms with Crippen molar-refractivity contribution < 1.29 is 10.0 Å². The highest BCUT2D eigenvalue weighted by Gasteiger charge is 2.36. The van der Waals surface area contributed by atoms with E-state index in [9.17, 15) is 0 Å². The quantitative estimate of drug-likeness (QED) is 0.156. The zero-order valence-corrected chi connectivity index (χ0v) is 70.6. The summed E-state index contributed by atoms with van der Waals surface area (Å²) in [4.78, 5) is 0. The first-order valence-corrected chi connectivity index (χ1v) is 43.4. The van der Waals surface area contributed by atoms with E-state index in [1.807, 2.05) is 30.3 Å². The van der Waals surface area contributed by atoms with Crippen LogP contribution < -0.4 is 5.46 Å². The molecule has 0 fully saturated rings. The van der Waals surface area contributed by atoms with Gasteiger partial charge < -0.3 is 23.7 Å². The number of benzene rings is 18. The molecular formula is C114H82BBr2N3O2. The van der Waals surface area contributed by atoms with Crippen molar-refractivity contribution in [3.8, 4) is 95.0 Å². The maximum Gasteiger partial charge on any atom is 0.488 e. The maximum atomic E-state index is 9.16. The van der Waals surface area contributed by atoms with Crippen molar-refractivity contribution in [3.05, 3.63) is 466 Å². The van der Waals surface area contributed by atoms with Gasteiger partial charge in [0.15, 0.2) is 0 Å². The van der Waals surface area contributed by atoms with Crippen LogP contribution in [-0.4, -0.2) is 30.9 Å². The van der Waals surface area contributed by atoms with Crippen LogP contribution in [0.4, 0.5) is 0 Å². The second-order valence-corrected chi connectivity index (χ2v) is 34.5. The lowest BCUT2D eigenvalue weighted by Gasteiger charge is -2.22. The highest BCUT2D eigenvalue weighted by Crippen LogP contribution is 2.51. The number of hydrogen-bond acceptors (Lipinski definition) is 2. The van der Waals surface area contributed by atoms with Gasteiger partial charge in [-0.25, -0.2) is 0 Å². The summed E-state index contributed by atoms with van der Waals surface area (Å²) in [5.74, 6) is 0. The van der Waals surface area contributed by atoms with E-state index in [4.69, 9.17) is 10.0 Å². The molecule has 18 aromatic carbocycles. The van der Waals surface area contributed by atoms with Crippen LogP contribution >= 0.6 is 31.9 Å². The second-order valence-electron chi connectivity index (χ2n) is 32.7. The number of hydrogen-bond donors (Lipinski definition) is 2. The number of aromatic nitrogens is 3. The van der Waals surface area contributed by atoms with Gasteiger partial charge in [0.2, 0.25) is 0 Å². The predicted molar refractivity (Wildman–Crippen MR) is 519 cm³/mol. The van der Waals surface area contributed by atoms with E-state index in [-0.39, 0.29) is 5.41 Å². The second kappa shape index (κ2) is 31.8. The molecule has 3 heterocycles. The Morgan fingerprint density at radius 1 is 0.230 bits per heavy atom. The van der Waals surface area contributed by atoms with E-state index < -0.39 is 7.12 Å². The third-order valence-corrected chi connectivity index (χ3v) is 26.1. The molecule has 0 aliphatic heterocycles. The molecule has 0 unspecified atom stereocenters. The van der Waals surface area contributed by atoms with E-state index >= 15 is 0 Å². The van der Waals surface area contributed by atoms with Crippen LogP contribution in [0.1, 0.15) is 58.4 Å². The van der Waals surface area contributed by atoms with Gasteiger partial charge in [-0.2, -0.15) is 0 Å². The minimum atomic E-state index is -1.39. The fraction of sp³-hybridized carbons (Fsp3) is 0.0526. The molecule has 0 atom stereocenters. The smallest absolute Gasteiger partial charge is 0.423 e. The lowest BCUT2D eigenvalue weighted by Crippen LogP contribution is -2.29. The van der Waals surface area contributed by atoms with Gasteiger partial charge in [0.25, 0.3) is 0 Å². The van der Waals surface area contributed by atoms with Crippen molar-refractivity contribution in [1.29, 1.82) is 0 Å². The number of rotatable bonds is 7. The first-order chi connectivity index (χ1) is 59.9. The molecule has 122 heavy (non-hydrogen) atoms. The van der Waals surface area contributed by atoms with Crippen LogP contribution in [0.5, 0.6) is 0 Å². The van der Waals surface area contributed by atoms with E-state index in [0.29, 0.717) is 5.46 Å². The standard InChI is InChI=1S/2C31H21N.C21H17Br.C18H12BrN.C13H11BO2/c2*1-2-9-25(10-3-1)32-30-13-7-6-12-27(30)29-20-22(16-17-31(29)32)21-14-15-24-18-23-8-4-5-11-26(23)28(24)19-21;1-21(2)19-12-15(14-6-4-3-5-7-14)8-10-17(19)18-11-9-16(22)13-20(18)21;19-13-10-11-18-16(12-13)15-8-4-5-9-17(15)20(18)14-6-2-1-3-7-14;15-14(16)11-6-5-10-7-9-3-1-2-4-12(9)13(10)8-11/h2*1-17,19-20H,18H2;3-13H,1-2H3;1-12H;1-6,8,15-16H,7H2. The lowest BCUT2D eigenvalue weighted by atomic mass is 9.79. The molecule has 0 radical (unpaired) electrons. The van der Waals surface area contributed by atoms with E-state index in [1.165, 1.54) is 199 Å². The van der Waals surface area contributed by atoms with Gasteiger partial charge in [0.1, 0.15) is 0 Å². The SMILES string of the molecule is Brc1ccc2c(c1)c1ccccc1n2-c1ccccc1.CC1(C)c2cc(Br)ccc2-c2ccc(-c3ccccc3)cc21.OB(O)c1ccc2c(c1)-c1ccccc1C2.c1ccc(-n2c3ccccc3c3cc(-c4ccc5c(c4)-c4ccccc4C5)ccc32)cc1.c1ccc(-n2c3ccccc3c3cc(-c4ccc5c(c4)-c4ccccc4C5)ccc32)cc1. The minimum absolute atomic E-state index is 0.0409. The molecule has 582 valence electrons. The molecule has 21 aromatic rings. The molecule has 0 bridgehead atoms. The Labute approximate surface area is 727 Å². The summed E-state index contributed by atoms with van der Waals surface area (Å²) >= 11 is 7.19. The molecule has 0 amide bonds. The topological polar surface area (TPSA) is 55.2 Å². The number of fused-ring (bicyclic) bond motifs is 21. The van der Waals surface area contributed by atoms with E-state index in [0.717, 1.165) is 33.8 Å². The predicted octanol–water partition coefficient (Wildman–Crippen LogP) is 29.0. The fourth-order valence-corrected chi connectivity index (χ4v) is 20.0. The van der Waals surface area contributed by atoms with Gasteiger partial charge in [-0.15, -0.1) is 0 Å². The van der Waals surface area contributed by atoms with Crippen LogP contribution in [0.3, 0.4) is 0 Å². The molecule has 3 aromatic heterocycles. The molecule has 2 N–H and O–H groups in total. The molecule has 8 heteroatoms. The fourth-order valence-electron chi connectivity index (χ4n) is 19.2. The zero-order valence-electron chi connectivity index (χ0n) is 67.5. The van der Waals surface area contributed by atoms with Crippen molar-refractivity contribution in [1.82, 2.24) is 13.7 Å².